The molecule has 1 fully saturated rings. The summed E-state index contributed by atoms with van der Waals surface area (Å²) in [4.78, 5) is 10.6. The molecule has 0 aliphatic carbocycles. The monoisotopic (exact) mass is 246 g/mol. The second kappa shape index (κ2) is 4.42. The fourth-order valence-electron chi connectivity index (χ4n) is 2.53. The molecule has 3 rings (SSSR count). The molecule has 1 aromatic carbocycles. The lowest BCUT2D eigenvalue weighted by molar-refractivity contribution is -0.383. The average molecular weight is 246 g/mol. The number of aromatic nitrogens is 1. The zero-order chi connectivity index (χ0) is 12.5. The summed E-state index contributed by atoms with van der Waals surface area (Å²) in [5, 5.41) is 11.6. The lowest BCUT2D eigenvalue weighted by Gasteiger charge is -2.24. The molecular formula is C13H14N2O3. The van der Waals surface area contributed by atoms with Gasteiger partial charge < -0.3 is 9.30 Å². The highest BCUT2D eigenvalue weighted by Gasteiger charge is 2.20. The molecule has 0 saturated carbocycles. The van der Waals surface area contributed by atoms with E-state index in [0.717, 1.165) is 31.4 Å². The number of nitro benzene ring substituents is 1. The summed E-state index contributed by atoms with van der Waals surface area (Å²) in [7, 11) is 0. The molecule has 1 aromatic heterocycles. The fraction of sp³-hybridized carbons (Fsp3) is 0.385. The van der Waals surface area contributed by atoms with Gasteiger partial charge in [0.15, 0.2) is 0 Å². The van der Waals surface area contributed by atoms with E-state index in [2.05, 4.69) is 0 Å². The Balaban J connectivity index is 2.08. The molecule has 1 aliphatic heterocycles. The molecule has 1 unspecified atom stereocenters. The highest BCUT2D eigenvalue weighted by atomic mass is 16.6. The minimum atomic E-state index is -0.339. The SMILES string of the molecule is O=[N+]([O-])c1cccc2c1ccn2C1CCCCO1. The lowest BCUT2D eigenvalue weighted by Crippen LogP contribution is -2.17. The molecule has 0 N–H and O–H groups in total. The van der Waals surface area contributed by atoms with Crippen LogP contribution in [0, 0.1) is 10.1 Å². The van der Waals surface area contributed by atoms with E-state index in [-0.39, 0.29) is 16.8 Å². The van der Waals surface area contributed by atoms with Crippen LogP contribution in [0.25, 0.3) is 10.9 Å². The third-order valence-corrected chi connectivity index (χ3v) is 3.40. The molecule has 1 atom stereocenters. The van der Waals surface area contributed by atoms with Crippen LogP contribution in [0.4, 0.5) is 5.69 Å². The molecule has 94 valence electrons. The predicted molar refractivity (Wildman–Crippen MR) is 67.4 cm³/mol. The van der Waals surface area contributed by atoms with Crippen LogP contribution >= 0.6 is 0 Å². The normalized spacial score (nSPS) is 20.1. The highest BCUT2D eigenvalue weighted by molar-refractivity contribution is 5.89. The lowest BCUT2D eigenvalue weighted by atomic mass is 10.2. The van der Waals surface area contributed by atoms with Crippen molar-refractivity contribution in [1.82, 2.24) is 4.57 Å². The maximum atomic E-state index is 11.0. The van der Waals surface area contributed by atoms with Crippen LogP contribution < -0.4 is 0 Å². The summed E-state index contributed by atoms with van der Waals surface area (Å²) in [6.45, 7) is 0.763. The molecule has 1 aliphatic rings. The first-order valence-corrected chi connectivity index (χ1v) is 6.13. The van der Waals surface area contributed by atoms with Crippen molar-refractivity contribution in [1.29, 1.82) is 0 Å². The van der Waals surface area contributed by atoms with Crippen molar-refractivity contribution < 1.29 is 9.66 Å². The standard InChI is InChI=1S/C13H14N2O3/c16-15(17)12-5-3-4-11-10(12)7-8-14(11)13-6-1-2-9-18-13/h3-5,7-8,13H,1-2,6,9H2. The zero-order valence-corrected chi connectivity index (χ0v) is 9.91. The van der Waals surface area contributed by atoms with E-state index >= 15 is 0 Å². The van der Waals surface area contributed by atoms with Gasteiger partial charge in [-0.3, -0.25) is 10.1 Å². The van der Waals surface area contributed by atoms with Gasteiger partial charge in [0.25, 0.3) is 5.69 Å². The second-order valence-electron chi connectivity index (χ2n) is 4.51. The number of benzene rings is 1. The molecule has 1 saturated heterocycles. The summed E-state index contributed by atoms with van der Waals surface area (Å²) < 4.78 is 7.73. The van der Waals surface area contributed by atoms with E-state index < -0.39 is 0 Å². The van der Waals surface area contributed by atoms with Crippen LogP contribution in [0.3, 0.4) is 0 Å². The minimum Gasteiger partial charge on any atom is -0.358 e. The Bertz CT molecular complexity index is 585. The largest absolute Gasteiger partial charge is 0.358 e. The van der Waals surface area contributed by atoms with Gasteiger partial charge in [0.2, 0.25) is 0 Å². The quantitative estimate of drug-likeness (QED) is 0.603. The summed E-state index contributed by atoms with van der Waals surface area (Å²) in [6.07, 6.45) is 5.09. The number of non-ortho nitro benzene ring substituents is 1. The molecule has 2 heterocycles. The third-order valence-electron chi connectivity index (χ3n) is 3.40. The first kappa shape index (κ1) is 11.2. The first-order chi connectivity index (χ1) is 8.77. The number of fused-ring (bicyclic) bond motifs is 1. The van der Waals surface area contributed by atoms with Crippen molar-refractivity contribution in [3.8, 4) is 0 Å². The van der Waals surface area contributed by atoms with Gasteiger partial charge in [0, 0.05) is 18.9 Å². The second-order valence-corrected chi connectivity index (χ2v) is 4.51. The predicted octanol–water partition coefficient (Wildman–Crippen LogP) is 3.25. The maximum absolute atomic E-state index is 11.0. The Morgan fingerprint density at radius 2 is 2.22 bits per heavy atom. The minimum absolute atomic E-state index is 0.0123. The number of rotatable bonds is 2. The number of ether oxygens (including phenoxy) is 1. The maximum Gasteiger partial charge on any atom is 0.278 e. The summed E-state index contributed by atoms with van der Waals surface area (Å²) in [5.74, 6) is 0. The van der Waals surface area contributed by atoms with Gasteiger partial charge in [-0.15, -0.1) is 0 Å². The van der Waals surface area contributed by atoms with Crippen LogP contribution in [0.15, 0.2) is 30.5 Å². The number of nitrogens with zero attached hydrogens (tertiary/aromatic N) is 2. The molecule has 0 radical (unpaired) electrons. The van der Waals surface area contributed by atoms with E-state index in [0.29, 0.717) is 5.39 Å². The zero-order valence-electron chi connectivity index (χ0n) is 9.91. The smallest absolute Gasteiger partial charge is 0.278 e. The Hall–Kier alpha value is -1.88. The van der Waals surface area contributed by atoms with Gasteiger partial charge in [0.1, 0.15) is 6.23 Å². The fourth-order valence-corrected chi connectivity index (χ4v) is 2.53. The summed E-state index contributed by atoms with van der Waals surface area (Å²) in [6, 6.07) is 6.96. The van der Waals surface area contributed by atoms with Gasteiger partial charge in [-0.25, -0.2) is 0 Å². The molecule has 2 aromatic rings. The average Bonchev–Trinajstić information content (AvgIpc) is 2.83. The molecule has 0 amide bonds. The Morgan fingerprint density at radius 3 is 2.94 bits per heavy atom. The van der Waals surface area contributed by atoms with E-state index in [1.54, 1.807) is 12.1 Å². The van der Waals surface area contributed by atoms with Crippen molar-refractivity contribution in [3.63, 3.8) is 0 Å². The van der Waals surface area contributed by atoms with Crippen molar-refractivity contribution in [3.05, 3.63) is 40.6 Å². The number of hydrogen-bond acceptors (Lipinski definition) is 3. The Kier molecular flexibility index (Phi) is 2.76. The van der Waals surface area contributed by atoms with Crippen molar-refractivity contribution >= 4 is 16.6 Å². The van der Waals surface area contributed by atoms with Crippen molar-refractivity contribution in [2.24, 2.45) is 0 Å². The van der Waals surface area contributed by atoms with E-state index in [1.165, 1.54) is 6.07 Å². The van der Waals surface area contributed by atoms with Crippen LogP contribution in [0.1, 0.15) is 25.5 Å². The highest BCUT2D eigenvalue weighted by Crippen LogP contribution is 2.31. The van der Waals surface area contributed by atoms with E-state index in [1.807, 2.05) is 16.8 Å². The summed E-state index contributed by atoms with van der Waals surface area (Å²) in [5.41, 5.74) is 1.03. The molecule has 18 heavy (non-hydrogen) atoms. The first-order valence-electron chi connectivity index (χ1n) is 6.13. The van der Waals surface area contributed by atoms with E-state index in [9.17, 15) is 10.1 Å². The van der Waals surface area contributed by atoms with Gasteiger partial charge >= 0.3 is 0 Å². The Labute approximate surface area is 104 Å². The molecular weight excluding hydrogens is 232 g/mol. The van der Waals surface area contributed by atoms with E-state index in [4.69, 9.17) is 4.74 Å². The molecule has 5 nitrogen and oxygen atoms in total. The molecule has 0 bridgehead atoms. The van der Waals surface area contributed by atoms with Gasteiger partial charge in [-0.1, -0.05) is 6.07 Å². The van der Waals surface area contributed by atoms with Gasteiger partial charge in [-0.2, -0.15) is 0 Å². The van der Waals surface area contributed by atoms with Crippen molar-refractivity contribution in [2.75, 3.05) is 6.61 Å². The number of hydrogen-bond donors (Lipinski definition) is 0. The Morgan fingerprint density at radius 1 is 1.33 bits per heavy atom. The van der Waals surface area contributed by atoms with Crippen LogP contribution in [-0.4, -0.2) is 16.1 Å². The van der Waals surface area contributed by atoms with Crippen LogP contribution in [0.2, 0.25) is 0 Å². The van der Waals surface area contributed by atoms with Crippen LogP contribution in [0.5, 0.6) is 0 Å². The van der Waals surface area contributed by atoms with Gasteiger partial charge in [-0.05, 0) is 31.4 Å². The topological polar surface area (TPSA) is 57.3 Å². The van der Waals surface area contributed by atoms with Gasteiger partial charge in [0.05, 0.1) is 15.8 Å². The number of nitro groups is 1. The third kappa shape index (κ3) is 1.76. The van der Waals surface area contributed by atoms with Crippen molar-refractivity contribution in [2.45, 2.75) is 25.5 Å². The van der Waals surface area contributed by atoms with Crippen LogP contribution in [-0.2, 0) is 4.74 Å². The molecule has 5 heteroatoms. The summed E-state index contributed by atoms with van der Waals surface area (Å²) >= 11 is 0. The molecule has 0 spiro atoms.